The second-order valence-corrected chi connectivity index (χ2v) is 5.49. The van der Waals surface area contributed by atoms with Crippen LogP contribution in [0.4, 0.5) is 0 Å². The van der Waals surface area contributed by atoms with Crippen LogP contribution in [0.25, 0.3) is 0 Å². The first-order valence-corrected chi connectivity index (χ1v) is 7.28. The molecule has 5 nitrogen and oxygen atoms in total. The average Bonchev–Trinajstić information content (AvgIpc) is 2.55. The molecule has 1 aliphatic rings. The van der Waals surface area contributed by atoms with Gasteiger partial charge in [-0.1, -0.05) is 18.2 Å². The summed E-state index contributed by atoms with van der Waals surface area (Å²) in [6.07, 6.45) is 0.573. The maximum atomic E-state index is 12.4. The summed E-state index contributed by atoms with van der Waals surface area (Å²) in [4.78, 5) is 14.6. The second-order valence-electron chi connectivity index (χ2n) is 5.49. The van der Waals surface area contributed by atoms with E-state index >= 15 is 0 Å². The largest absolute Gasteiger partial charge is 0.496 e. The molecular weight excluding hydrogens is 268 g/mol. The van der Waals surface area contributed by atoms with Gasteiger partial charge in [0.1, 0.15) is 11.3 Å². The number of hydrogen-bond acceptors (Lipinski definition) is 5. The van der Waals surface area contributed by atoms with Gasteiger partial charge in [-0.3, -0.25) is 9.69 Å². The first-order valence-electron chi connectivity index (χ1n) is 7.28. The van der Waals surface area contributed by atoms with E-state index < -0.39 is 5.54 Å². The normalized spacial score (nSPS) is 18.8. The summed E-state index contributed by atoms with van der Waals surface area (Å²) in [5.41, 5.74) is 0.345. The monoisotopic (exact) mass is 292 g/mol. The molecule has 5 heteroatoms. The van der Waals surface area contributed by atoms with Crippen LogP contribution >= 0.6 is 0 Å². The zero-order valence-electron chi connectivity index (χ0n) is 13.0. The number of piperazine rings is 1. The Hall–Kier alpha value is -1.59. The van der Waals surface area contributed by atoms with Crippen molar-refractivity contribution < 1.29 is 14.3 Å². The molecule has 0 radical (unpaired) electrons. The molecule has 1 fully saturated rings. The lowest BCUT2D eigenvalue weighted by atomic mass is 9.89. The molecule has 1 saturated heterocycles. The highest BCUT2D eigenvalue weighted by Gasteiger charge is 2.41. The van der Waals surface area contributed by atoms with Gasteiger partial charge < -0.3 is 14.8 Å². The minimum Gasteiger partial charge on any atom is -0.496 e. The highest BCUT2D eigenvalue weighted by molar-refractivity contribution is 5.81. The van der Waals surface area contributed by atoms with E-state index in [1.807, 2.05) is 31.2 Å². The van der Waals surface area contributed by atoms with Crippen LogP contribution in [0.1, 0.15) is 12.5 Å². The van der Waals surface area contributed by atoms with Crippen LogP contribution in [-0.4, -0.2) is 56.8 Å². The number of benzene rings is 1. The van der Waals surface area contributed by atoms with Gasteiger partial charge in [-0.05, 0) is 18.6 Å². The van der Waals surface area contributed by atoms with Crippen molar-refractivity contribution in [2.75, 3.05) is 40.4 Å². The van der Waals surface area contributed by atoms with Crippen LogP contribution in [0.5, 0.6) is 5.75 Å². The minimum atomic E-state index is -0.675. The molecule has 21 heavy (non-hydrogen) atoms. The third-order valence-electron chi connectivity index (χ3n) is 4.17. The standard InChI is InChI=1S/C16H24N2O3/c1-16(15(19)21-3,18-10-8-17-9-11-18)12-13-6-4-5-7-14(13)20-2/h4-7,17H,8-12H2,1-3H3. The molecule has 1 aliphatic heterocycles. The Balaban J connectivity index is 2.29. The first kappa shape index (κ1) is 15.8. The van der Waals surface area contributed by atoms with Gasteiger partial charge >= 0.3 is 5.97 Å². The number of carbonyl (C=O) groups excluding carboxylic acids is 1. The van der Waals surface area contributed by atoms with Crippen molar-refractivity contribution in [3.05, 3.63) is 29.8 Å². The number of nitrogens with one attached hydrogen (secondary N) is 1. The van der Waals surface area contributed by atoms with E-state index in [1.165, 1.54) is 7.11 Å². The molecule has 1 aromatic rings. The fraction of sp³-hybridized carbons (Fsp3) is 0.562. The zero-order valence-corrected chi connectivity index (χ0v) is 13.0. The zero-order chi connectivity index (χ0) is 15.3. The molecule has 1 aromatic carbocycles. The molecule has 116 valence electrons. The SMILES string of the molecule is COC(=O)C(C)(Cc1ccccc1OC)N1CCNCC1. The maximum Gasteiger partial charge on any atom is 0.326 e. The number of para-hydroxylation sites is 1. The molecule has 0 bridgehead atoms. The Morgan fingerprint density at radius 3 is 2.57 bits per heavy atom. The topological polar surface area (TPSA) is 50.8 Å². The highest BCUT2D eigenvalue weighted by atomic mass is 16.5. The molecule has 0 aromatic heterocycles. The lowest BCUT2D eigenvalue weighted by molar-refractivity contribution is -0.154. The Bertz CT molecular complexity index is 486. The fourth-order valence-corrected chi connectivity index (χ4v) is 2.91. The number of carbonyl (C=O) groups is 1. The van der Waals surface area contributed by atoms with Crippen molar-refractivity contribution in [1.29, 1.82) is 0 Å². The second kappa shape index (κ2) is 6.91. The molecule has 1 N–H and O–H groups in total. The highest BCUT2D eigenvalue weighted by Crippen LogP contribution is 2.28. The van der Waals surface area contributed by atoms with Gasteiger partial charge in [-0.15, -0.1) is 0 Å². The number of hydrogen-bond donors (Lipinski definition) is 1. The van der Waals surface area contributed by atoms with Crippen LogP contribution in [0.3, 0.4) is 0 Å². The Labute approximate surface area is 126 Å². The molecule has 0 spiro atoms. The van der Waals surface area contributed by atoms with Crippen molar-refractivity contribution in [2.24, 2.45) is 0 Å². The third-order valence-corrected chi connectivity index (χ3v) is 4.17. The molecule has 0 aliphatic carbocycles. The summed E-state index contributed by atoms with van der Waals surface area (Å²) in [6.45, 7) is 5.40. The summed E-state index contributed by atoms with van der Waals surface area (Å²) in [7, 11) is 3.10. The van der Waals surface area contributed by atoms with E-state index in [0.29, 0.717) is 6.42 Å². The third kappa shape index (κ3) is 3.36. The van der Waals surface area contributed by atoms with Crippen LogP contribution < -0.4 is 10.1 Å². The molecule has 0 amide bonds. The number of rotatable bonds is 5. The summed E-state index contributed by atoms with van der Waals surface area (Å²) >= 11 is 0. The van der Waals surface area contributed by atoms with Gasteiger partial charge in [0.25, 0.3) is 0 Å². The summed E-state index contributed by atoms with van der Waals surface area (Å²) in [5, 5.41) is 3.31. The lowest BCUT2D eigenvalue weighted by Crippen LogP contribution is -2.60. The van der Waals surface area contributed by atoms with Gasteiger partial charge in [0.05, 0.1) is 14.2 Å². The average molecular weight is 292 g/mol. The van der Waals surface area contributed by atoms with Crippen molar-refractivity contribution in [1.82, 2.24) is 10.2 Å². The molecule has 0 saturated carbocycles. The van der Waals surface area contributed by atoms with E-state index in [0.717, 1.165) is 37.5 Å². The Morgan fingerprint density at radius 1 is 1.29 bits per heavy atom. The Kier molecular flexibility index (Phi) is 5.20. The van der Waals surface area contributed by atoms with E-state index in [2.05, 4.69) is 10.2 Å². The molecule has 1 atom stereocenters. The fourth-order valence-electron chi connectivity index (χ4n) is 2.91. The first-order chi connectivity index (χ1) is 10.1. The van der Waals surface area contributed by atoms with Gasteiger partial charge in [0.2, 0.25) is 0 Å². The van der Waals surface area contributed by atoms with Gasteiger partial charge in [-0.25, -0.2) is 0 Å². The van der Waals surface area contributed by atoms with Crippen molar-refractivity contribution >= 4 is 5.97 Å². The summed E-state index contributed by atoms with van der Waals surface area (Å²) in [6, 6.07) is 7.82. The van der Waals surface area contributed by atoms with Crippen molar-refractivity contribution in [3.63, 3.8) is 0 Å². The molecule has 1 unspecified atom stereocenters. The summed E-state index contributed by atoms with van der Waals surface area (Å²) < 4.78 is 10.5. The van der Waals surface area contributed by atoms with Gasteiger partial charge in [0.15, 0.2) is 0 Å². The number of methoxy groups -OCH3 is 2. The van der Waals surface area contributed by atoms with Crippen LogP contribution in [0, 0.1) is 0 Å². The number of nitrogens with zero attached hydrogens (tertiary/aromatic N) is 1. The predicted octanol–water partition coefficient (Wildman–Crippen LogP) is 1.07. The number of ether oxygens (including phenoxy) is 2. The molecule has 2 rings (SSSR count). The minimum absolute atomic E-state index is 0.199. The Morgan fingerprint density at radius 2 is 1.95 bits per heavy atom. The van der Waals surface area contributed by atoms with E-state index in [-0.39, 0.29) is 5.97 Å². The van der Waals surface area contributed by atoms with Crippen molar-refractivity contribution in [2.45, 2.75) is 18.9 Å². The smallest absolute Gasteiger partial charge is 0.326 e. The molecular formula is C16H24N2O3. The lowest BCUT2D eigenvalue weighted by Gasteiger charge is -2.41. The van der Waals surface area contributed by atoms with Gasteiger partial charge in [0, 0.05) is 32.6 Å². The quantitative estimate of drug-likeness (QED) is 0.823. The summed E-state index contributed by atoms with van der Waals surface area (Å²) in [5.74, 6) is 0.609. The van der Waals surface area contributed by atoms with E-state index in [1.54, 1.807) is 7.11 Å². The van der Waals surface area contributed by atoms with Crippen LogP contribution in [-0.2, 0) is 16.0 Å². The van der Waals surface area contributed by atoms with Gasteiger partial charge in [-0.2, -0.15) is 0 Å². The molecule has 1 heterocycles. The van der Waals surface area contributed by atoms with E-state index in [4.69, 9.17) is 9.47 Å². The maximum absolute atomic E-state index is 12.4. The van der Waals surface area contributed by atoms with Crippen LogP contribution in [0.2, 0.25) is 0 Å². The van der Waals surface area contributed by atoms with Crippen LogP contribution in [0.15, 0.2) is 24.3 Å². The number of esters is 1. The van der Waals surface area contributed by atoms with Crippen molar-refractivity contribution in [3.8, 4) is 5.75 Å². The predicted molar refractivity (Wildman–Crippen MR) is 81.6 cm³/mol. The van der Waals surface area contributed by atoms with E-state index in [9.17, 15) is 4.79 Å².